The van der Waals surface area contributed by atoms with Crippen LogP contribution in [0.5, 0.6) is 0 Å². The summed E-state index contributed by atoms with van der Waals surface area (Å²) in [7, 11) is 0. The van der Waals surface area contributed by atoms with Gasteiger partial charge < -0.3 is 10.4 Å². The van der Waals surface area contributed by atoms with Gasteiger partial charge in [-0.2, -0.15) is 0 Å². The molecule has 3 unspecified atom stereocenters. The highest BCUT2D eigenvalue weighted by atomic mass is 32.1. The van der Waals surface area contributed by atoms with Gasteiger partial charge in [-0.25, -0.2) is 4.98 Å². The van der Waals surface area contributed by atoms with Crippen LogP contribution in [0.25, 0.3) is 0 Å². The smallest absolute Gasteiger partial charge is 0.0928 e. The Morgan fingerprint density at radius 1 is 1.32 bits per heavy atom. The predicted molar refractivity (Wildman–Crippen MR) is 78.5 cm³/mol. The summed E-state index contributed by atoms with van der Waals surface area (Å²) in [6, 6.07) is 0.481. The molecule has 0 saturated heterocycles. The molecule has 2 aliphatic carbocycles. The first-order valence-corrected chi connectivity index (χ1v) is 8.49. The lowest BCUT2D eigenvalue weighted by Crippen LogP contribution is -2.32. The van der Waals surface area contributed by atoms with Crippen molar-refractivity contribution in [2.24, 2.45) is 5.92 Å². The predicted octanol–water partition coefficient (Wildman–Crippen LogP) is 2.83. The molecule has 3 rings (SSSR count). The minimum Gasteiger partial charge on any atom is -0.393 e. The molecule has 4 heteroatoms. The van der Waals surface area contributed by atoms with Crippen LogP contribution in [0.2, 0.25) is 0 Å². The minimum absolute atomic E-state index is 0.0803. The van der Waals surface area contributed by atoms with E-state index in [0.717, 1.165) is 25.8 Å². The number of aliphatic hydroxyl groups is 1. The highest BCUT2D eigenvalue weighted by Crippen LogP contribution is 2.35. The monoisotopic (exact) mass is 280 g/mol. The largest absolute Gasteiger partial charge is 0.393 e. The Hall–Kier alpha value is -0.450. The molecule has 3 atom stereocenters. The van der Waals surface area contributed by atoms with Crippen molar-refractivity contribution >= 4 is 11.3 Å². The average Bonchev–Trinajstić information content (AvgIpc) is 3.02. The van der Waals surface area contributed by atoms with Gasteiger partial charge in [0.2, 0.25) is 0 Å². The van der Waals surface area contributed by atoms with E-state index in [0.29, 0.717) is 12.0 Å². The lowest BCUT2D eigenvalue weighted by Gasteiger charge is -2.25. The number of hydrogen-bond donors (Lipinski definition) is 2. The van der Waals surface area contributed by atoms with Crippen molar-refractivity contribution in [2.45, 2.75) is 64.0 Å². The molecule has 2 aliphatic rings. The van der Waals surface area contributed by atoms with E-state index < -0.39 is 0 Å². The second kappa shape index (κ2) is 5.90. The fourth-order valence-electron chi connectivity index (χ4n) is 3.37. The maximum Gasteiger partial charge on any atom is 0.0928 e. The summed E-state index contributed by atoms with van der Waals surface area (Å²) < 4.78 is 0. The van der Waals surface area contributed by atoms with Gasteiger partial charge in [0.1, 0.15) is 0 Å². The van der Waals surface area contributed by atoms with Gasteiger partial charge in [-0.15, -0.1) is 11.3 Å². The van der Waals surface area contributed by atoms with E-state index in [1.165, 1.54) is 41.3 Å². The number of thiazole rings is 1. The molecule has 0 amide bonds. The number of nitrogens with zero attached hydrogens (tertiary/aromatic N) is 1. The molecule has 2 N–H and O–H groups in total. The summed E-state index contributed by atoms with van der Waals surface area (Å²) in [5.41, 5.74) is 1.33. The van der Waals surface area contributed by atoms with E-state index >= 15 is 0 Å². The van der Waals surface area contributed by atoms with E-state index in [4.69, 9.17) is 4.98 Å². The number of aryl methyl sites for hydroxylation is 2. The normalized spacial score (nSPS) is 30.5. The van der Waals surface area contributed by atoms with E-state index in [1.54, 1.807) is 0 Å². The Bertz CT molecular complexity index is 432. The molecule has 0 spiro atoms. The van der Waals surface area contributed by atoms with Crippen molar-refractivity contribution in [3.8, 4) is 0 Å². The first kappa shape index (κ1) is 13.5. The van der Waals surface area contributed by atoms with E-state index in [1.807, 2.05) is 11.3 Å². The molecule has 0 bridgehead atoms. The molecule has 1 aromatic rings. The topological polar surface area (TPSA) is 45.2 Å². The zero-order chi connectivity index (χ0) is 13.2. The lowest BCUT2D eigenvalue weighted by atomic mass is 9.97. The van der Waals surface area contributed by atoms with Crippen LogP contribution in [0.15, 0.2) is 0 Å². The maximum absolute atomic E-state index is 9.91. The third kappa shape index (κ3) is 2.86. The number of rotatable bonds is 4. The number of fused-ring (bicyclic) bond motifs is 1. The maximum atomic E-state index is 9.91. The van der Waals surface area contributed by atoms with Gasteiger partial charge in [0, 0.05) is 17.5 Å². The van der Waals surface area contributed by atoms with Crippen molar-refractivity contribution < 1.29 is 5.11 Å². The summed E-state index contributed by atoms with van der Waals surface area (Å²) in [6.07, 6.45) is 7.93. The first-order valence-electron chi connectivity index (χ1n) is 7.68. The Morgan fingerprint density at radius 2 is 2.21 bits per heavy atom. The van der Waals surface area contributed by atoms with Crippen LogP contribution in [0.1, 0.15) is 60.6 Å². The molecule has 1 saturated carbocycles. The molecular weight excluding hydrogens is 256 g/mol. The Balaban J connectivity index is 1.64. The van der Waals surface area contributed by atoms with Gasteiger partial charge in [-0.1, -0.05) is 13.3 Å². The van der Waals surface area contributed by atoms with Crippen LogP contribution in [0.3, 0.4) is 0 Å². The molecular formula is C15H24N2OS. The molecule has 1 fully saturated rings. The Morgan fingerprint density at radius 3 is 2.95 bits per heavy atom. The minimum atomic E-state index is -0.0803. The lowest BCUT2D eigenvalue weighted by molar-refractivity contribution is 0.129. The summed E-state index contributed by atoms with van der Waals surface area (Å²) in [5.74, 6) is 0.462. The summed E-state index contributed by atoms with van der Waals surface area (Å²) in [6.45, 7) is 3.15. The van der Waals surface area contributed by atoms with E-state index in [2.05, 4.69) is 12.2 Å². The van der Waals surface area contributed by atoms with Crippen LogP contribution in [0, 0.1) is 5.92 Å². The van der Waals surface area contributed by atoms with Crippen LogP contribution >= 0.6 is 11.3 Å². The Kier molecular flexibility index (Phi) is 4.20. The van der Waals surface area contributed by atoms with Gasteiger partial charge in [0.05, 0.1) is 16.8 Å². The van der Waals surface area contributed by atoms with Gasteiger partial charge >= 0.3 is 0 Å². The quantitative estimate of drug-likeness (QED) is 0.891. The van der Waals surface area contributed by atoms with Crippen molar-refractivity contribution in [3.05, 3.63) is 15.6 Å². The van der Waals surface area contributed by atoms with Crippen LogP contribution in [-0.2, 0) is 12.8 Å². The third-order valence-electron chi connectivity index (χ3n) is 4.54. The first-order chi connectivity index (χ1) is 9.28. The van der Waals surface area contributed by atoms with Gasteiger partial charge in [-0.3, -0.25) is 0 Å². The molecule has 0 aliphatic heterocycles. The SMILES string of the molecule is CCc1nc2c(s1)C(NCC1CCCC1O)CCC2. The number of hydrogen-bond acceptors (Lipinski definition) is 4. The molecule has 3 nitrogen and oxygen atoms in total. The molecule has 19 heavy (non-hydrogen) atoms. The second-order valence-corrected chi connectivity index (χ2v) is 7.00. The number of aliphatic hydroxyl groups excluding tert-OH is 1. The summed E-state index contributed by atoms with van der Waals surface area (Å²) >= 11 is 1.89. The van der Waals surface area contributed by atoms with Crippen LogP contribution in [-0.4, -0.2) is 22.7 Å². The van der Waals surface area contributed by atoms with Gasteiger partial charge in [-0.05, 0) is 44.4 Å². The Labute approximate surface area is 119 Å². The molecule has 0 aromatic carbocycles. The average molecular weight is 280 g/mol. The molecule has 1 heterocycles. The van der Waals surface area contributed by atoms with E-state index in [9.17, 15) is 5.11 Å². The summed E-state index contributed by atoms with van der Waals surface area (Å²) in [5, 5.41) is 14.9. The highest BCUT2D eigenvalue weighted by Gasteiger charge is 2.28. The molecule has 0 radical (unpaired) electrons. The van der Waals surface area contributed by atoms with E-state index in [-0.39, 0.29) is 6.10 Å². The number of nitrogens with one attached hydrogen (secondary N) is 1. The third-order valence-corrected chi connectivity index (χ3v) is 5.90. The molecule has 1 aromatic heterocycles. The highest BCUT2D eigenvalue weighted by molar-refractivity contribution is 7.11. The second-order valence-electron chi connectivity index (χ2n) is 5.88. The van der Waals surface area contributed by atoms with Crippen LogP contribution in [0.4, 0.5) is 0 Å². The van der Waals surface area contributed by atoms with Crippen LogP contribution < -0.4 is 5.32 Å². The number of aromatic nitrogens is 1. The molecule has 106 valence electrons. The zero-order valence-corrected chi connectivity index (χ0v) is 12.5. The van der Waals surface area contributed by atoms with Crippen molar-refractivity contribution in [2.75, 3.05) is 6.54 Å². The fourth-order valence-corrected chi connectivity index (χ4v) is 4.53. The van der Waals surface area contributed by atoms with Crippen molar-refractivity contribution in [1.82, 2.24) is 10.3 Å². The fraction of sp³-hybridized carbons (Fsp3) is 0.800. The summed E-state index contributed by atoms with van der Waals surface area (Å²) in [4.78, 5) is 6.21. The van der Waals surface area contributed by atoms with Crippen molar-refractivity contribution in [3.63, 3.8) is 0 Å². The van der Waals surface area contributed by atoms with Crippen molar-refractivity contribution in [1.29, 1.82) is 0 Å². The van der Waals surface area contributed by atoms with Gasteiger partial charge in [0.25, 0.3) is 0 Å². The standard InChI is InChI=1S/C15H24N2OS/c1-2-14-17-12-7-4-6-11(15(12)19-14)16-9-10-5-3-8-13(10)18/h10-11,13,16,18H,2-9H2,1H3. The zero-order valence-electron chi connectivity index (χ0n) is 11.7. The van der Waals surface area contributed by atoms with Gasteiger partial charge in [0.15, 0.2) is 0 Å².